The van der Waals surface area contributed by atoms with Gasteiger partial charge in [-0.2, -0.15) is 0 Å². The smallest absolute Gasteiger partial charge is 0.323 e. The molecule has 0 saturated carbocycles. The van der Waals surface area contributed by atoms with Crippen LogP contribution in [0.5, 0.6) is 0 Å². The van der Waals surface area contributed by atoms with E-state index in [0.29, 0.717) is 17.1 Å². The summed E-state index contributed by atoms with van der Waals surface area (Å²) in [6, 6.07) is 5.23. The van der Waals surface area contributed by atoms with Crippen LogP contribution in [0.3, 0.4) is 0 Å². The first-order valence-corrected chi connectivity index (χ1v) is 6.71. The first kappa shape index (κ1) is 16.5. The van der Waals surface area contributed by atoms with Gasteiger partial charge in [-0.05, 0) is 38.0 Å². The Bertz CT molecular complexity index is 519. The fraction of sp³-hybridized carbons (Fsp3) is 0.429. The van der Waals surface area contributed by atoms with Crippen LogP contribution in [0.2, 0.25) is 5.02 Å². The molecular weight excluding hydrogens is 280 g/mol. The summed E-state index contributed by atoms with van der Waals surface area (Å²) >= 11 is 5.97. The van der Waals surface area contributed by atoms with E-state index in [0.717, 1.165) is 5.56 Å². The fourth-order valence-electron chi connectivity index (χ4n) is 1.56. The van der Waals surface area contributed by atoms with Crippen molar-refractivity contribution in [1.82, 2.24) is 5.32 Å². The predicted octanol–water partition coefficient (Wildman–Crippen LogP) is 2.43. The largest absolute Gasteiger partial charge is 0.480 e. The first-order valence-electron chi connectivity index (χ1n) is 6.33. The standard InChI is InChI=1S/C14H19ClN2O3/c1-4-14(3,13(19)20)16-8-12(18)17-11-7-5-6-10(15)9(11)2/h5-7,16H,4,8H2,1-3H3,(H,17,18)(H,19,20). The van der Waals surface area contributed by atoms with Gasteiger partial charge in [-0.3, -0.25) is 14.9 Å². The third-order valence-corrected chi connectivity index (χ3v) is 3.77. The molecule has 0 aliphatic heterocycles. The highest BCUT2D eigenvalue weighted by atomic mass is 35.5. The minimum atomic E-state index is -1.11. The Hall–Kier alpha value is -1.59. The molecule has 1 atom stereocenters. The SMILES string of the molecule is CCC(C)(NCC(=O)Nc1cccc(Cl)c1C)C(=O)O. The molecule has 1 amide bonds. The van der Waals surface area contributed by atoms with Gasteiger partial charge in [-0.1, -0.05) is 24.6 Å². The van der Waals surface area contributed by atoms with Gasteiger partial charge in [0.15, 0.2) is 0 Å². The van der Waals surface area contributed by atoms with E-state index >= 15 is 0 Å². The Kier molecular flexibility index (Phi) is 5.53. The van der Waals surface area contributed by atoms with Crippen LogP contribution in [-0.4, -0.2) is 29.1 Å². The molecule has 110 valence electrons. The molecule has 0 heterocycles. The van der Waals surface area contributed by atoms with E-state index < -0.39 is 11.5 Å². The maximum atomic E-state index is 11.9. The van der Waals surface area contributed by atoms with Crippen LogP contribution < -0.4 is 10.6 Å². The molecule has 1 unspecified atom stereocenters. The summed E-state index contributed by atoms with van der Waals surface area (Å²) in [4.78, 5) is 23.0. The summed E-state index contributed by atoms with van der Waals surface area (Å²) in [5.74, 6) is -1.29. The number of hydrogen-bond acceptors (Lipinski definition) is 3. The molecule has 0 spiro atoms. The Morgan fingerprint density at radius 1 is 1.40 bits per heavy atom. The predicted molar refractivity (Wildman–Crippen MR) is 79.2 cm³/mol. The van der Waals surface area contributed by atoms with Crippen molar-refractivity contribution in [3.8, 4) is 0 Å². The molecule has 0 saturated heterocycles. The Morgan fingerprint density at radius 2 is 2.05 bits per heavy atom. The Labute approximate surface area is 123 Å². The molecule has 5 nitrogen and oxygen atoms in total. The number of carboxylic acids is 1. The molecular formula is C14H19ClN2O3. The van der Waals surface area contributed by atoms with Crippen molar-refractivity contribution in [3.63, 3.8) is 0 Å². The number of nitrogens with one attached hydrogen (secondary N) is 2. The van der Waals surface area contributed by atoms with Gasteiger partial charge in [0.05, 0.1) is 6.54 Å². The van der Waals surface area contributed by atoms with Gasteiger partial charge < -0.3 is 10.4 Å². The lowest BCUT2D eigenvalue weighted by molar-refractivity contribution is -0.144. The molecule has 0 radical (unpaired) electrons. The molecule has 3 N–H and O–H groups in total. The zero-order valence-electron chi connectivity index (χ0n) is 11.8. The van der Waals surface area contributed by atoms with Crippen LogP contribution in [0.15, 0.2) is 18.2 Å². The third kappa shape index (κ3) is 3.95. The minimum absolute atomic E-state index is 0.0808. The fourth-order valence-corrected chi connectivity index (χ4v) is 1.74. The quantitative estimate of drug-likeness (QED) is 0.754. The maximum absolute atomic E-state index is 11.9. The Balaban J connectivity index is 2.65. The number of anilines is 1. The van der Waals surface area contributed by atoms with E-state index in [9.17, 15) is 9.59 Å². The molecule has 0 aromatic heterocycles. The van der Waals surface area contributed by atoms with E-state index in [1.807, 2.05) is 0 Å². The van der Waals surface area contributed by atoms with Crippen molar-refractivity contribution in [3.05, 3.63) is 28.8 Å². The second-order valence-electron chi connectivity index (χ2n) is 4.80. The maximum Gasteiger partial charge on any atom is 0.323 e. The van der Waals surface area contributed by atoms with Gasteiger partial charge in [0, 0.05) is 10.7 Å². The van der Waals surface area contributed by atoms with Crippen LogP contribution in [0.25, 0.3) is 0 Å². The third-order valence-electron chi connectivity index (χ3n) is 3.36. The molecule has 0 fully saturated rings. The zero-order chi connectivity index (χ0) is 15.3. The monoisotopic (exact) mass is 298 g/mol. The molecule has 1 rings (SSSR count). The van der Waals surface area contributed by atoms with Gasteiger partial charge >= 0.3 is 5.97 Å². The highest BCUT2D eigenvalue weighted by Gasteiger charge is 2.30. The van der Waals surface area contributed by atoms with Crippen LogP contribution in [0.1, 0.15) is 25.8 Å². The highest BCUT2D eigenvalue weighted by molar-refractivity contribution is 6.31. The number of carbonyl (C=O) groups excluding carboxylic acids is 1. The second kappa shape index (κ2) is 6.72. The van der Waals surface area contributed by atoms with Crippen molar-refractivity contribution >= 4 is 29.2 Å². The molecule has 20 heavy (non-hydrogen) atoms. The zero-order valence-corrected chi connectivity index (χ0v) is 12.5. The van der Waals surface area contributed by atoms with Crippen molar-refractivity contribution < 1.29 is 14.7 Å². The summed E-state index contributed by atoms with van der Waals surface area (Å²) in [6.45, 7) is 5.02. The summed E-state index contributed by atoms with van der Waals surface area (Å²) in [7, 11) is 0. The van der Waals surface area contributed by atoms with Crippen LogP contribution >= 0.6 is 11.6 Å². The first-order chi connectivity index (χ1) is 9.30. The van der Waals surface area contributed by atoms with E-state index in [1.165, 1.54) is 0 Å². The van der Waals surface area contributed by atoms with Gasteiger partial charge in [-0.15, -0.1) is 0 Å². The summed E-state index contributed by atoms with van der Waals surface area (Å²) in [6.07, 6.45) is 0.381. The van der Waals surface area contributed by atoms with Gasteiger partial charge in [0.25, 0.3) is 0 Å². The topological polar surface area (TPSA) is 78.4 Å². The number of benzene rings is 1. The number of hydrogen-bond donors (Lipinski definition) is 3. The normalized spacial score (nSPS) is 13.6. The van der Waals surface area contributed by atoms with Crippen LogP contribution in [-0.2, 0) is 9.59 Å². The number of aliphatic carboxylic acids is 1. The number of carboxylic acid groups (broad SMARTS) is 1. The number of halogens is 1. The van der Waals surface area contributed by atoms with Crippen molar-refractivity contribution in [2.24, 2.45) is 0 Å². The molecule has 0 bridgehead atoms. The average Bonchev–Trinajstić information content (AvgIpc) is 2.41. The van der Waals surface area contributed by atoms with Crippen LogP contribution in [0.4, 0.5) is 5.69 Å². The summed E-state index contributed by atoms with van der Waals surface area (Å²) < 4.78 is 0. The molecule has 1 aromatic carbocycles. The van der Waals surface area contributed by atoms with Gasteiger partial charge in [0.1, 0.15) is 5.54 Å². The summed E-state index contributed by atoms with van der Waals surface area (Å²) in [5.41, 5.74) is 0.289. The van der Waals surface area contributed by atoms with E-state index in [1.54, 1.807) is 39.0 Å². The molecule has 1 aromatic rings. The van der Waals surface area contributed by atoms with Crippen LogP contribution in [0, 0.1) is 6.92 Å². The van der Waals surface area contributed by atoms with E-state index in [4.69, 9.17) is 16.7 Å². The number of amides is 1. The van der Waals surface area contributed by atoms with Crippen molar-refractivity contribution in [2.75, 3.05) is 11.9 Å². The lowest BCUT2D eigenvalue weighted by atomic mass is 9.99. The lowest BCUT2D eigenvalue weighted by Crippen LogP contribution is -2.51. The molecule has 0 aliphatic rings. The second-order valence-corrected chi connectivity index (χ2v) is 5.21. The van der Waals surface area contributed by atoms with Gasteiger partial charge in [-0.25, -0.2) is 0 Å². The molecule has 6 heteroatoms. The lowest BCUT2D eigenvalue weighted by Gasteiger charge is -2.24. The van der Waals surface area contributed by atoms with E-state index in [2.05, 4.69) is 10.6 Å². The Morgan fingerprint density at radius 3 is 2.60 bits per heavy atom. The van der Waals surface area contributed by atoms with Crippen molar-refractivity contribution in [1.29, 1.82) is 0 Å². The van der Waals surface area contributed by atoms with E-state index in [-0.39, 0.29) is 12.5 Å². The minimum Gasteiger partial charge on any atom is -0.480 e. The highest BCUT2D eigenvalue weighted by Crippen LogP contribution is 2.22. The number of rotatable bonds is 6. The number of carbonyl (C=O) groups is 2. The van der Waals surface area contributed by atoms with Crippen molar-refractivity contribution in [2.45, 2.75) is 32.7 Å². The van der Waals surface area contributed by atoms with Gasteiger partial charge in [0.2, 0.25) is 5.91 Å². The average molecular weight is 299 g/mol. The summed E-state index contributed by atoms with van der Waals surface area (Å²) in [5, 5.41) is 15.1. The molecule has 0 aliphatic carbocycles.